The summed E-state index contributed by atoms with van der Waals surface area (Å²) in [6.07, 6.45) is 0. The molecule has 0 atom stereocenters. The second kappa shape index (κ2) is 7.15. The minimum absolute atomic E-state index is 0.0989. The Morgan fingerprint density at radius 3 is 2.33 bits per heavy atom. The second-order valence-corrected chi connectivity index (χ2v) is 6.42. The summed E-state index contributed by atoms with van der Waals surface area (Å²) in [5.41, 5.74) is 2.18. The zero-order chi connectivity index (χ0) is 15.4. The molecule has 0 spiro atoms. The lowest BCUT2D eigenvalue weighted by Gasteiger charge is -2.18. The minimum Gasteiger partial charge on any atom is -0.298 e. The van der Waals surface area contributed by atoms with Crippen molar-refractivity contribution < 1.29 is 4.92 Å². The van der Waals surface area contributed by atoms with Gasteiger partial charge in [0.2, 0.25) is 0 Å². The molecule has 0 radical (unpaired) electrons. The topological polar surface area (TPSA) is 46.4 Å². The van der Waals surface area contributed by atoms with Crippen LogP contribution < -0.4 is 0 Å². The third kappa shape index (κ3) is 4.12. The van der Waals surface area contributed by atoms with Gasteiger partial charge in [-0.2, -0.15) is 0 Å². The van der Waals surface area contributed by atoms with Gasteiger partial charge in [0, 0.05) is 23.6 Å². The maximum atomic E-state index is 11.0. The summed E-state index contributed by atoms with van der Waals surface area (Å²) in [5.74, 6) is 0. The monoisotopic (exact) mass is 412 g/mol. The Morgan fingerprint density at radius 2 is 1.67 bits per heavy atom. The van der Waals surface area contributed by atoms with E-state index in [0.29, 0.717) is 11.0 Å². The Kier molecular flexibility index (Phi) is 5.50. The molecule has 21 heavy (non-hydrogen) atoms. The molecule has 0 aromatic heterocycles. The highest BCUT2D eigenvalue weighted by Crippen LogP contribution is 2.29. The molecule has 2 aromatic carbocycles. The van der Waals surface area contributed by atoms with Crippen LogP contribution >= 0.6 is 31.9 Å². The van der Waals surface area contributed by atoms with Crippen molar-refractivity contribution in [3.63, 3.8) is 0 Å². The number of nitro groups is 1. The molecule has 0 saturated heterocycles. The third-order valence-electron chi connectivity index (χ3n) is 3.09. The van der Waals surface area contributed by atoms with Gasteiger partial charge in [-0.1, -0.05) is 46.3 Å². The van der Waals surface area contributed by atoms with Gasteiger partial charge in [0.25, 0.3) is 5.69 Å². The van der Waals surface area contributed by atoms with Crippen molar-refractivity contribution >= 4 is 37.5 Å². The smallest absolute Gasteiger partial charge is 0.283 e. The van der Waals surface area contributed by atoms with Gasteiger partial charge < -0.3 is 0 Å². The molecule has 0 aliphatic heterocycles. The lowest BCUT2D eigenvalue weighted by atomic mass is 10.1. The Hall–Kier alpha value is -1.24. The van der Waals surface area contributed by atoms with Gasteiger partial charge in [-0.15, -0.1) is 0 Å². The molecule has 0 N–H and O–H groups in total. The predicted molar refractivity (Wildman–Crippen MR) is 90.1 cm³/mol. The van der Waals surface area contributed by atoms with E-state index >= 15 is 0 Å². The molecule has 6 heteroatoms. The zero-order valence-corrected chi connectivity index (χ0v) is 14.6. The molecule has 0 saturated carbocycles. The van der Waals surface area contributed by atoms with E-state index in [-0.39, 0.29) is 10.6 Å². The van der Waals surface area contributed by atoms with E-state index < -0.39 is 0 Å². The first-order valence-corrected chi connectivity index (χ1v) is 7.91. The van der Waals surface area contributed by atoms with Crippen LogP contribution in [0.3, 0.4) is 0 Å². The molecule has 2 rings (SSSR count). The molecular formula is C15H14Br2N2O2. The van der Waals surface area contributed by atoms with Crippen molar-refractivity contribution in [2.45, 2.75) is 13.1 Å². The number of nitro benzene ring substituents is 1. The maximum absolute atomic E-state index is 11.0. The highest BCUT2D eigenvalue weighted by molar-refractivity contribution is 9.11. The standard InChI is InChI=1S/C15H14Br2N2O2/c1-18(9-11-5-2-3-7-13(11)16)10-12-6-4-8-14(15(12)17)19(20)21/h2-8H,9-10H2,1H3. The van der Waals surface area contributed by atoms with Crippen molar-refractivity contribution in [1.82, 2.24) is 4.90 Å². The fraction of sp³-hybridized carbons (Fsp3) is 0.200. The summed E-state index contributed by atoms with van der Waals surface area (Å²) in [6, 6.07) is 13.1. The Balaban J connectivity index is 2.13. The largest absolute Gasteiger partial charge is 0.298 e. The van der Waals surface area contributed by atoms with Crippen LogP contribution in [0, 0.1) is 10.1 Å². The van der Waals surface area contributed by atoms with Crippen LogP contribution in [0.2, 0.25) is 0 Å². The summed E-state index contributed by atoms with van der Waals surface area (Å²) in [5, 5.41) is 11.0. The van der Waals surface area contributed by atoms with Gasteiger partial charge in [-0.3, -0.25) is 15.0 Å². The highest BCUT2D eigenvalue weighted by Gasteiger charge is 2.16. The second-order valence-electron chi connectivity index (χ2n) is 4.77. The SMILES string of the molecule is CN(Cc1ccccc1Br)Cc1cccc([N+](=O)[O-])c1Br. The number of hydrogen-bond donors (Lipinski definition) is 0. The van der Waals surface area contributed by atoms with E-state index in [1.54, 1.807) is 6.07 Å². The van der Waals surface area contributed by atoms with E-state index in [0.717, 1.165) is 16.6 Å². The quantitative estimate of drug-likeness (QED) is 0.524. The summed E-state index contributed by atoms with van der Waals surface area (Å²) < 4.78 is 1.61. The van der Waals surface area contributed by atoms with Crippen LogP contribution in [0.25, 0.3) is 0 Å². The summed E-state index contributed by atoms with van der Waals surface area (Å²) >= 11 is 6.86. The Morgan fingerprint density at radius 1 is 1.05 bits per heavy atom. The van der Waals surface area contributed by atoms with E-state index in [9.17, 15) is 10.1 Å². The van der Waals surface area contributed by atoms with Gasteiger partial charge in [0.1, 0.15) is 0 Å². The van der Waals surface area contributed by atoms with Crippen LogP contribution in [0.4, 0.5) is 5.69 Å². The van der Waals surface area contributed by atoms with E-state index in [1.165, 1.54) is 11.6 Å². The summed E-state index contributed by atoms with van der Waals surface area (Å²) in [6.45, 7) is 1.39. The maximum Gasteiger partial charge on any atom is 0.283 e. The molecule has 0 unspecified atom stereocenters. The highest BCUT2D eigenvalue weighted by atomic mass is 79.9. The van der Waals surface area contributed by atoms with Crippen LogP contribution in [0.1, 0.15) is 11.1 Å². The van der Waals surface area contributed by atoms with E-state index in [2.05, 4.69) is 42.8 Å². The number of nitrogens with zero attached hydrogens (tertiary/aromatic N) is 2. The molecule has 0 fully saturated rings. The van der Waals surface area contributed by atoms with Crippen LogP contribution in [-0.4, -0.2) is 16.9 Å². The van der Waals surface area contributed by atoms with Crippen LogP contribution in [0.5, 0.6) is 0 Å². The van der Waals surface area contributed by atoms with Crippen molar-refractivity contribution in [2.24, 2.45) is 0 Å². The van der Waals surface area contributed by atoms with Gasteiger partial charge in [0.05, 0.1) is 9.40 Å². The van der Waals surface area contributed by atoms with Crippen molar-refractivity contribution in [1.29, 1.82) is 0 Å². The van der Waals surface area contributed by atoms with Crippen molar-refractivity contribution in [2.75, 3.05) is 7.05 Å². The van der Waals surface area contributed by atoms with E-state index in [1.807, 2.05) is 31.3 Å². The van der Waals surface area contributed by atoms with Gasteiger partial charge in [0.15, 0.2) is 0 Å². The van der Waals surface area contributed by atoms with Gasteiger partial charge in [-0.05, 0) is 40.2 Å². The van der Waals surface area contributed by atoms with Crippen molar-refractivity contribution in [3.8, 4) is 0 Å². The molecular weight excluding hydrogens is 400 g/mol. The molecule has 110 valence electrons. The molecule has 0 heterocycles. The van der Waals surface area contributed by atoms with Crippen LogP contribution in [0.15, 0.2) is 51.4 Å². The summed E-state index contributed by atoms with van der Waals surface area (Å²) in [4.78, 5) is 12.7. The van der Waals surface area contributed by atoms with E-state index in [4.69, 9.17) is 0 Å². The summed E-state index contributed by atoms with van der Waals surface area (Å²) in [7, 11) is 1.99. The Labute approximate surface area is 140 Å². The number of rotatable bonds is 5. The normalized spacial score (nSPS) is 10.9. The first kappa shape index (κ1) is 16.1. The number of hydrogen-bond acceptors (Lipinski definition) is 3. The fourth-order valence-electron chi connectivity index (χ4n) is 2.09. The average Bonchev–Trinajstić information content (AvgIpc) is 2.43. The van der Waals surface area contributed by atoms with Crippen LogP contribution in [-0.2, 0) is 13.1 Å². The van der Waals surface area contributed by atoms with Gasteiger partial charge >= 0.3 is 0 Å². The molecule has 0 amide bonds. The third-order valence-corrected chi connectivity index (χ3v) is 4.78. The number of halogens is 2. The molecule has 2 aromatic rings. The lowest BCUT2D eigenvalue weighted by molar-refractivity contribution is -0.385. The number of benzene rings is 2. The molecule has 4 nitrogen and oxygen atoms in total. The minimum atomic E-state index is -0.374. The van der Waals surface area contributed by atoms with Gasteiger partial charge in [-0.25, -0.2) is 0 Å². The lowest BCUT2D eigenvalue weighted by Crippen LogP contribution is -2.18. The first-order valence-electron chi connectivity index (χ1n) is 6.32. The average molecular weight is 414 g/mol. The Bertz CT molecular complexity index is 662. The zero-order valence-electron chi connectivity index (χ0n) is 11.4. The molecule has 0 aliphatic carbocycles. The molecule has 0 bridgehead atoms. The fourth-order valence-corrected chi connectivity index (χ4v) is 3.04. The van der Waals surface area contributed by atoms with Crippen molar-refractivity contribution in [3.05, 3.63) is 72.7 Å². The predicted octanol–water partition coefficient (Wildman–Crippen LogP) is 4.75. The first-order chi connectivity index (χ1) is 9.99. The molecule has 0 aliphatic rings.